The maximum atomic E-state index is 11.9. The lowest BCUT2D eigenvalue weighted by Gasteiger charge is -2.44. The standard InChI is InChI=1S/C17H32N2O2/c1-4-21-16(20)17(3,18)11-13(2)19-10-9-14-7-5-6-8-15(14)12-19/h13-15H,4-12,18H2,1-3H3. The van der Waals surface area contributed by atoms with Crippen LogP contribution >= 0.6 is 0 Å². The Morgan fingerprint density at radius 1 is 1.33 bits per heavy atom. The van der Waals surface area contributed by atoms with E-state index in [2.05, 4.69) is 11.8 Å². The molecule has 122 valence electrons. The predicted octanol–water partition coefficient (Wildman–Crippen LogP) is 2.56. The SMILES string of the molecule is CCOC(=O)C(C)(N)CC(C)N1CCC2CCCCC2C1. The fraction of sp³-hybridized carbons (Fsp3) is 0.941. The van der Waals surface area contributed by atoms with E-state index in [1.165, 1.54) is 38.6 Å². The fourth-order valence-corrected chi connectivity index (χ4v) is 4.15. The molecule has 2 N–H and O–H groups in total. The highest BCUT2D eigenvalue weighted by Gasteiger charge is 2.37. The van der Waals surface area contributed by atoms with Crippen LogP contribution in [0.3, 0.4) is 0 Å². The summed E-state index contributed by atoms with van der Waals surface area (Å²) in [5, 5.41) is 0. The molecule has 4 heteroatoms. The minimum atomic E-state index is -0.876. The lowest BCUT2D eigenvalue weighted by Crippen LogP contribution is -2.53. The van der Waals surface area contributed by atoms with Gasteiger partial charge in [0.1, 0.15) is 5.54 Å². The number of esters is 1. The Hall–Kier alpha value is -0.610. The first-order valence-electron chi connectivity index (χ1n) is 8.64. The minimum absolute atomic E-state index is 0.274. The van der Waals surface area contributed by atoms with E-state index in [-0.39, 0.29) is 5.97 Å². The highest BCUT2D eigenvalue weighted by molar-refractivity contribution is 5.80. The van der Waals surface area contributed by atoms with E-state index in [0.29, 0.717) is 19.1 Å². The van der Waals surface area contributed by atoms with Crippen LogP contribution in [0.2, 0.25) is 0 Å². The first kappa shape index (κ1) is 16.8. The Morgan fingerprint density at radius 2 is 2.00 bits per heavy atom. The number of nitrogens with zero attached hydrogens (tertiary/aromatic N) is 1. The van der Waals surface area contributed by atoms with Gasteiger partial charge in [-0.2, -0.15) is 0 Å². The molecule has 0 aromatic carbocycles. The van der Waals surface area contributed by atoms with Crippen LogP contribution in [-0.2, 0) is 9.53 Å². The zero-order valence-electron chi connectivity index (χ0n) is 13.9. The highest BCUT2D eigenvalue weighted by atomic mass is 16.5. The Kier molecular flexibility index (Phi) is 5.67. The van der Waals surface area contributed by atoms with Gasteiger partial charge in [0.25, 0.3) is 0 Å². The normalized spacial score (nSPS) is 31.0. The first-order valence-corrected chi connectivity index (χ1v) is 8.64. The van der Waals surface area contributed by atoms with E-state index in [4.69, 9.17) is 10.5 Å². The van der Waals surface area contributed by atoms with Crippen LogP contribution in [0.25, 0.3) is 0 Å². The van der Waals surface area contributed by atoms with Crippen LogP contribution in [0.15, 0.2) is 0 Å². The largest absolute Gasteiger partial charge is 0.465 e. The van der Waals surface area contributed by atoms with Crippen molar-refractivity contribution in [2.45, 2.75) is 70.9 Å². The molecule has 4 atom stereocenters. The summed E-state index contributed by atoms with van der Waals surface area (Å²) in [4.78, 5) is 14.5. The van der Waals surface area contributed by atoms with E-state index in [1.54, 1.807) is 6.92 Å². The van der Waals surface area contributed by atoms with Crippen molar-refractivity contribution in [1.29, 1.82) is 0 Å². The van der Waals surface area contributed by atoms with Crippen LogP contribution in [0, 0.1) is 11.8 Å². The van der Waals surface area contributed by atoms with Crippen molar-refractivity contribution in [3.05, 3.63) is 0 Å². The molecule has 0 spiro atoms. The molecule has 1 heterocycles. The van der Waals surface area contributed by atoms with Crippen LogP contribution in [0.1, 0.15) is 59.3 Å². The molecule has 2 aliphatic rings. The molecule has 2 fully saturated rings. The quantitative estimate of drug-likeness (QED) is 0.792. The molecule has 1 aliphatic heterocycles. The number of hydrogen-bond donors (Lipinski definition) is 1. The van der Waals surface area contributed by atoms with Crippen molar-refractivity contribution in [2.24, 2.45) is 17.6 Å². The Balaban J connectivity index is 1.88. The smallest absolute Gasteiger partial charge is 0.325 e. The van der Waals surface area contributed by atoms with Gasteiger partial charge >= 0.3 is 5.97 Å². The van der Waals surface area contributed by atoms with Gasteiger partial charge < -0.3 is 15.4 Å². The first-order chi connectivity index (χ1) is 9.94. The van der Waals surface area contributed by atoms with Gasteiger partial charge in [-0.25, -0.2) is 0 Å². The van der Waals surface area contributed by atoms with Gasteiger partial charge in [0.2, 0.25) is 0 Å². The third-order valence-electron chi connectivity index (χ3n) is 5.41. The number of piperidine rings is 1. The average molecular weight is 296 g/mol. The summed E-state index contributed by atoms with van der Waals surface area (Å²) in [5.41, 5.74) is 5.31. The number of rotatable bonds is 5. The van der Waals surface area contributed by atoms with Gasteiger partial charge in [-0.05, 0) is 58.4 Å². The number of ether oxygens (including phenoxy) is 1. The molecule has 4 nitrogen and oxygen atoms in total. The van der Waals surface area contributed by atoms with Gasteiger partial charge in [-0.1, -0.05) is 19.3 Å². The summed E-state index contributed by atoms with van der Waals surface area (Å²) in [6.45, 7) is 8.56. The van der Waals surface area contributed by atoms with Gasteiger partial charge in [0, 0.05) is 12.6 Å². The van der Waals surface area contributed by atoms with Crippen LogP contribution in [-0.4, -0.2) is 42.1 Å². The highest BCUT2D eigenvalue weighted by Crippen LogP contribution is 2.37. The molecule has 1 saturated heterocycles. The number of likely N-dealkylation sites (tertiary alicyclic amines) is 1. The van der Waals surface area contributed by atoms with Crippen molar-refractivity contribution in [2.75, 3.05) is 19.7 Å². The van der Waals surface area contributed by atoms with Crippen LogP contribution in [0.5, 0.6) is 0 Å². The number of carbonyl (C=O) groups is 1. The number of hydrogen-bond acceptors (Lipinski definition) is 4. The number of fused-ring (bicyclic) bond motifs is 1. The lowest BCUT2D eigenvalue weighted by atomic mass is 9.74. The molecule has 2 rings (SSSR count). The second-order valence-corrected chi connectivity index (χ2v) is 7.28. The van der Waals surface area contributed by atoms with Gasteiger partial charge in [-0.15, -0.1) is 0 Å². The molecular formula is C17H32N2O2. The molecule has 0 amide bonds. The molecular weight excluding hydrogens is 264 g/mol. The molecule has 4 unspecified atom stereocenters. The second kappa shape index (κ2) is 7.10. The molecule has 0 aromatic heterocycles. The van der Waals surface area contributed by atoms with Crippen molar-refractivity contribution in [3.63, 3.8) is 0 Å². The van der Waals surface area contributed by atoms with E-state index < -0.39 is 5.54 Å². The van der Waals surface area contributed by atoms with E-state index in [0.717, 1.165) is 18.4 Å². The van der Waals surface area contributed by atoms with Crippen molar-refractivity contribution >= 4 is 5.97 Å². The summed E-state index contributed by atoms with van der Waals surface area (Å²) in [5.74, 6) is 1.53. The van der Waals surface area contributed by atoms with Gasteiger partial charge in [0.15, 0.2) is 0 Å². The minimum Gasteiger partial charge on any atom is -0.465 e. The summed E-state index contributed by atoms with van der Waals surface area (Å²) in [6, 6.07) is 0.340. The summed E-state index contributed by atoms with van der Waals surface area (Å²) >= 11 is 0. The Labute approximate surface area is 129 Å². The monoisotopic (exact) mass is 296 g/mol. The van der Waals surface area contributed by atoms with Crippen LogP contribution < -0.4 is 5.73 Å². The van der Waals surface area contributed by atoms with Gasteiger partial charge in [0.05, 0.1) is 6.61 Å². The zero-order chi connectivity index (χ0) is 15.5. The molecule has 0 aromatic rings. The Morgan fingerprint density at radius 3 is 2.67 bits per heavy atom. The van der Waals surface area contributed by atoms with E-state index in [9.17, 15) is 4.79 Å². The molecule has 21 heavy (non-hydrogen) atoms. The summed E-state index contributed by atoms with van der Waals surface area (Å²) < 4.78 is 5.10. The van der Waals surface area contributed by atoms with Crippen molar-refractivity contribution in [3.8, 4) is 0 Å². The number of nitrogens with two attached hydrogens (primary N) is 1. The van der Waals surface area contributed by atoms with Crippen LogP contribution in [0.4, 0.5) is 0 Å². The lowest BCUT2D eigenvalue weighted by molar-refractivity contribution is -0.149. The third kappa shape index (κ3) is 4.19. The van der Waals surface area contributed by atoms with Crippen molar-refractivity contribution in [1.82, 2.24) is 4.90 Å². The molecule has 0 bridgehead atoms. The fourth-order valence-electron chi connectivity index (χ4n) is 4.15. The van der Waals surface area contributed by atoms with E-state index >= 15 is 0 Å². The molecule has 0 radical (unpaired) electrons. The number of carbonyl (C=O) groups excluding carboxylic acids is 1. The second-order valence-electron chi connectivity index (χ2n) is 7.28. The third-order valence-corrected chi connectivity index (χ3v) is 5.41. The summed E-state index contributed by atoms with van der Waals surface area (Å²) in [6.07, 6.45) is 7.59. The Bertz CT molecular complexity index is 357. The molecule has 1 aliphatic carbocycles. The summed E-state index contributed by atoms with van der Waals surface area (Å²) in [7, 11) is 0. The van der Waals surface area contributed by atoms with Crippen molar-refractivity contribution < 1.29 is 9.53 Å². The predicted molar refractivity (Wildman–Crippen MR) is 84.9 cm³/mol. The topological polar surface area (TPSA) is 55.6 Å². The van der Waals surface area contributed by atoms with E-state index in [1.807, 2.05) is 6.92 Å². The maximum Gasteiger partial charge on any atom is 0.325 e. The average Bonchev–Trinajstić information content (AvgIpc) is 2.46. The van der Waals surface area contributed by atoms with Gasteiger partial charge in [-0.3, -0.25) is 4.79 Å². The maximum absolute atomic E-state index is 11.9. The zero-order valence-corrected chi connectivity index (χ0v) is 13.9. The molecule has 1 saturated carbocycles.